The topological polar surface area (TPSA) is 88.6 Å². The van der Waals surface area contributed by atoms with E-state index < -0.39 is 23.8 Å². The minimum absolute atomic E-state index is 0.112. The maximum Gasteiger partial charge on any atom is 0.262 e. The van der Waals surface area contributed by atoms with Crippen LogP contribution >= 0.6 is 11.3 Å². The van der Waals surface area contributed by atoms with Crippen molar-refractivity contribution in [1.29, 1.82) is 0 Å². The summed E-state index contributed by atoms with van der Waals surface area (Å²) in [5, 5.41) is 3.60. The van der Waals surface area contributed by atoms with E-state index in [0.29, 0.717) is 27.7 Å². The van der Waals surface area contributed by atoms with Crippen molar-refractivity contribution in [3.8, 4) is 5.06 Å². The molecule has 3 amide bonds. The quantitative estimate of drug-likeness (QED) is 0.787. The van der Waals surface area contributed by atoms with Crippen LogP contribution in [0.15, 0.2) is 30.5 Å². The fraction of sp³-hybridized carbons (Fsp3) is 0.333. The Labute approximate surface area is 155 Å². The molecule has 136 valence electrons. The number of ether oxygens (including phenoxy) is 1. The smallest absolute Gasteiger partial charge is 0.262 e. The van der Waals surface area contributed by atoms with Crippen LogP contribution in [0.3, 0.4) is 0 Å². The highest BCUT2D eigenvalue weighted by molar-refractivity contribution is 7.17. The summed E-state index contributed by atoms with van der Waals surface area (Å²) in [6.07, 6.45) is 1.86. The monoisotopic (exact) mass is 373 g/mol. The molecule has 3 rings (SSSR count). The Morgan fingerprint density at radius 1 is 1.23 bits per heavy atom. The van der Waals surface area contributed by atoms with Gasteiger partial charge >= 0.3 is 0 Å². The maximum absolute atomic E-state index is 12.8. The highest BCUT2D eigenvalue weighted by Crippen LogP contribution is 2.29. The van der Waals surface area contributed by atoms with E-state index in [1.165, 1.54) is 24.6 Å². The molecule has 8 heteroatoms. The number of rotatable bonds is 6. The van der Waals surface area contributed by atoms with Crippen molar-refractivity contribution in [2.75, 3.05) is 12.4 Å². The van der Waals surface area contributed by atoms with Gasteiger partial charge in [-0.1, -0.05) is 37.3 Å². The number of thiazole rings is 1. The summed E-state index contributed by atoms with van der Waals surface area (Å²) >= 11 is 1.18. The summed E-state index contributed by atoms with van der Waals surface area (Å²) in [4.78, 5) is 43.4. The lowest BCUT2D eigenvalue weighted by molar-refractivity contribution is -0.120. The van der Waals surface area contributed by atoms with E-state index in [-0.39, 0.29) is 5.92 Å². The van der Waals surface area contributed by atoms with Crippen LogP contribution in [0.1, 0.15) is 41.0 Å². The second kappa shape index (κ2) is 7.25. The third-order valence-electron chi connectivity index (χ3n) is 4.05. The third-order valence-corrected chi connectivity index (χ3v) is 4.92. The normalized spacial score (nSPS) is 14.5. The maximum atomic E-state index is 12.8. The molecule has 26 heavy (non-hydrogen) atoms. The van der Waals surface area contributed by atoms with Gasteiger partial charge in [0.05, 0.1) is 24.4 Å². The predicted molar refractivity (Wildman–Crippen MR) is 97.5 cm³/mol. The van der Waals surface area contributed by atoms with Crippen molar-refractivity contribution >= 4 is 34.2 Å². The number of aromatic nitrogens is 1. The summed E-state index contributed by atoms with van der Waals surface area (Å²) in [6.45, 7) is 3.87. The summed E-state index contributed by atoms with van der Waals surface area (Å²) in [5.41, 5.74) is 0.657. The predicted octanol–water partition coefficient (Wildman–Crippen LogP) is 2.80. The molecular formula is C18H19N3O4S. The molecule has 7 nitrogen and oxygen atoms in total. The first kappa shape index (κ1) is 18.1. The van der Waals surface area contributed by atoms with E-state index in [9.17, 15) is 14.4 Å². The zero-order valence-electron chi connectivity index (χ0n) is 14.7. The number of hydrogen-bond donors (Lipinski definition) is 1. The average Bonchev–Trinajstić information content (AvgIpc) is 3.16. The summed E-state index contributed by atoms with van der Waals surface area (Å²) in [6, 6.07) is 5.70. The number of anilines is 1. The van der Waals surface area contributed by atoms with E-state index in [4.69, 9.17) is 4.74 Å². The van der Waals surface area contributed by atoms with Crippen molar-refractivity contribution in [3.05, 3.63) is 41.6 Å². The van der Waals surface area contributed by atoms with Crippen molar-refractivity contribution < 1.29 is 19.1 Å². The first-order chi connectivity index (χ1) is 12.4. The Hall–Kier alpha value is -2.74. The van der Waals surface area contributed by atoms with Gasteiger partial charge in [0.2, 0.25) is 5.91 Å². The van der Waals surface area contributed by atoms with Crippen LogP contribution < -0.4 is 10.1 Å². The molecule has 0 aliphatic carbocycles. The fourth-order valence-corrected chi connectivity index (χ4v) is 3.50. The minimum Gasteiger partial charge on any atom is -0.486 e. The molecule has 1 atom stereocenters. The molecule has 2 aromatic rings. The first-order valence-corrected chi connectivity index (χ1v) is 9.01. The van der Waals surface area contributed by atoms with Gasteiger partial charge < -0.3 is 10.1 Å². The van der Waals surface area contributed by atoms with Gasteiger partial charge in [-0.2, -0.15) is 0 Å². The standard InChI is InChI=1S/C18H19N3O4S/c1-10(2)8-13(15(22)20-18-19-9-14(25-3)26-18)21-16(23)11-6-4-5-7-12(11)17(21)24/h4-7,9-10,13H,8H2,1-3H3,(H,19,20,22)/t13-/m0/s1. The highest BCUT2D eigenvalue weighted by Gasteiger charge is 2.42. The molecule has 0 radical (unpaired) electrons. The van der Waals surface area contributed by atoms with Gasteiger partial charge in [-0.05, 0) is 24.5 Å². The van der Waals surface area contributed by atoms with Gasteiger partial charge in [-0.3, -0.25) is 19.3 Å². The molecule has 1 N–H and O–H groups in total. The Balaban J connectivity index is 1.87. The van der Waals surface area contributed by atoms with Gasteiger partial charge in [0.1, 0.15) is 6.04 Å². The molecule has 0 saturated carbocycles. The molecule has 2 heterocycles. The van der Waals surface area contributed by atoms with Gasteiger partial charge in [0.15, 0.2) is 10.2 Å². The van der Waals surface area contributed by atoms with Crippen molar-refractivity contribution in [3.63, 3.8) is 0 Å². The Bertz CT molecular complexity index is 827. The highest BCUT2D eigenvalue weighted by atomic mass is 32.1. The van der Waals surface area contributed by atoms with E-state index >= 15 is 0 Å². The van der Waals surface area contributed by atoms with Crippen molar-refractivity contribution in [1.82, 2.24) is 9.88 Å². The van der Waals surface area contributed by atoms with Crippen molar-refractivity contribution in [2.24, 2.45) is 5.92 Å². The lowest BCUT2D eigenvalue weighted by atomic mass is 10.0. The fourth-order valence-electron chi connectivity index (χ4n) is 2.87. The third kappa shape index (κ3) is 3.32. The van der Waals surface area contributed by atoms with E-state index in [0.717, 1.165) is 4.90 Å². The summed E-state index contributed by atoms with van der Waals surface area (Å²) in [7, 11) is 1.51. The number of methoxy groups -OCH3 is 1. The number of benzene rings is 1. The van der Waals surface area contributed by atoms with Gasteiger partial charge in [0.25, 0.3) is 11.8 Å². The lowest BCUT2D eigenvalue weighted by Gasteiger charge is -2.26. The van der Waals surface area contributed by atoms with E-state index in [1.807, 2.05) is 13.8 Å². The summed E-state index contributed by atoms with van der Waals surface area (Å²) in [5.74, 6) is -1.21. The van der Waals surface area contributed by atoms with Crippen LogP contribution in [-0.2, 0) is 4.79 Å². The average molecular weight is 373 g/mol. The van der Waals surface area contributed by atoms with Crippen LogP contribution in [0.2, 0.25) is 0 Å². The van der Waals surface area contributed by atoms with Crippen LogP contribution in [-0.4, -0.2) is 40.8 Å². The zero-order chi connectivity index (χ0) is 18.8. The Morgan fingerprint density at radius 2 is 1.85 bits per heavy atom. The minimum atomic E-state index is -0.905. The molecule has 0 bridgehead atoms. The Kier molecular flexibility index (Phi) is 5.03. The molecule has 0 spiro atoms. The van der Waals surface area contributed by atoms with Gasteiger partial charge in [0, 0.05) is 0 Å². The number of nitrogens with one attached hydrogen (secondary N) is 1. The largest absolute Gasteiger partial charge is 0.486 e. The van der Waals surface area contributed by atoms with E-state index in [2.05, 4.69) is 10.3 Å². The second-order valence-corrected chi connectivity index (χ2v) is 7.34. The number of hydrogen-bond acceptors (Lipinski definition) is 6. The number of fused-ring (bicyclic) bond motifs is 1. The number of amides is 3. The number of carbonyl (C=O) groups excluding carboxylic acids is 3. The molecule has 0 saturated heterocycles. The van der Waals surface area contributed by atoms with Crippen LogP contribution in [0, 0.1) is 5.92 Å². The van der Waals surface area contributed by atoms with E-state index in [1.54, 1.807) is 24.3 Å². The number of nitrogens with zero attached hydrogens (tertiary/aromatic N) is 2. The molecule has 1 aliphatic heterocycles. The lowest BCUT2D eigenvalue weighted by Crippen LogP contribution is -2.47. The summed E-state index contributed by atoms with van der Waals surface area (Å²) < 4.78 is 5.06. The zero-order valence-corrected chi connectivity index (χ0v) is 15.5. The molecule has 1 aliphatic rings. The molecule has 0 unspecified atom stereocenters. The Morgan fingerprint density at radius 3 is 2.35 bits per heavy atom. The second-order valence-electron chi connectivity index (χ2n) is 6.35. The van der Waals surface area contributed by atoms with Gasteiger partial charge in [-0.15, -0.1) is 0 Å². The molecule has 1 aromatic heterocycles. The van der Waals surface area contributed by atoms with Crippen LogP contribution in [0.4, 0.5) is 5.13 Å². The van der Waals surface area contributed by atoms with Crippen molar-refractivity contribution in [2.45, 2.75) is 26.3 Å². The SMILES string of the molecule is COc1cnc(NC(=O)[C@H](CC(C)C)N2C(=O)c3ccccc3C2=O)s1. The molecular weight excluding hydrogens is 354 g/mol. The van der Waals surface area contributed by atoms with Crippen LogP contribution in [0.5, 0.6) is 5.06 Å². The number of carbonyl (C=O) groups is 3. The molecule has 0 fully saturated rings. The number of imide groups is 1. The first-order valence-electron chi connectivity index (χ1n) is 8.20. The van der Waals surface area contributed by atoms with Crippen LogP contribution in [0.25, 0.3) is 0 Å². The molecule has 1 aromatic carbocycles. The van der Waals surface area contributed by atoms with Gasteiger partial charge in [-0.25, -0.2) is 4.98 Å².